The number of benzene rings is 1. The van der Waals surface area contributed by atoms with E-state index in [9.17, 15) is 0 Å². The average Bonchev–Trinajstić information content (AvgIpc) is 3.11. The predicted octanol–water partition coefficient (Wildman–Crippen LogP) is 2.81. The summed E-state index contributed by atoms with van der Waals surface area (Å²) in [5.41, 5.74) is 7.77. The van der Waals surface area contributed by atoms with Crippen LogP contribution in [0.5, 0.6) is 0 Å². The molecule has 0 bridgehead atoms. The van der Waals surface area contributed by atoms with Crippen LogP contribution in [0.15, 0.2) is 28.8 Å². The Morgan fingerprint density at radius 1 is 1.42 bits per heavy atom. The second-order valence-electron chi connectivity index (χ2n) is 4.70. The van der Waals surface area contributed by atoms with Crippen LogP contribution in [0.2, 0.25) is 0 Å². The highest BCUT2D eigenvalue weighted by atomic mass is 32.2. The number of nitrogens with zero attached hydrogens (tertiary/aromatic N) is 2. The Balaban J connectivity index is 1.83. The second-order valence-corrected chi connectivity index (χ2v) is 6.01. The zero-order valence-corrected chi connectivity index (χ0v) is 11.5. The third-order valence-corrected chi connectivity index (χ3v) is 4.64. The van der Waals surface area contributed by atoms with Gasteiger partial charge in [-0.05, 0) is 49.3 Å². The molecule has 4 nitrogen and oxygen atoms in total. The molecule has 2 N–H and O–H groups in total. The fourth-order valence-corrected chi connectivity index (χ4v) is 3.49. The minimum Gasteiger partial charge on any atom is -0.334 e. The molecule has 100 valence electrons. The summed E-state index contributed by atoms with van der Waals surface area (Å²) < 4.78 is 5.39. The molecule has 3 rings (SSSR count). The van der Waals surface area contributed by atoms with E-state index in [1.807, 2.05) is 23.9 Å². The van der Waals surface area contributed by atoms with Crippen molar-refractivity contribution >= 4 is 11.8 Å². The van der Waals surface area contributed by atoms with Crippen molar-refractivity contribution in [2.75, 3.05) is 12.3 Å². The Kier molecular flexibility index (Phi) is 3.84. The second kappa shape index (κ2) is 5.75. The molecule has 1 aromatic heterocycles. The number of nitrogens with two attached hydrogens (primary N) is 1. The number of hydrogen-bond donors (Lipinski definition) is 1. The standard InChI is InChI=1S/C14H17N3OS/c15-7-6-10-3-1-4-11(9-10)14-16-13(17-18-14)12-5-2-8-19-12/h1,3-4,9,12H,2,5-8,15H2. The van der Waals surface area contributed by atoms with E-state index >= 15 is 0 Å². The normalized spacial score (nSPS) is 18.9. The molecule has 0 radical (unpaired) electrons. The highest BCUT2D eigenvalue weighted by molar-refractivity contribution is 7.99. The van der Waals surface area contributed by atoms with E-state index in [0.29, 0.717) is 17.7 Å². The predicted molar refractivity (Wildman–Crippen MR) is 76.9 cm³/mol. The molecule has 1 aliphatic rings. The van der Waals surface area contributed by atoms with E-state index in [1.54, 1.807) is 0 Å². The molecule has 0 spiro atoms. The first-order valence-corrected chi connectivity index (χ1v) is 7.66. The summed E-state index contributed by atoms with van der Waals surface area (Å²) in [4.78, 5) is 4.53. The van der Waals surface area contributed by atoms with Gasteiger partial charge in [0.25, 0.3) is 5.89 Å². The molecule has 1 saturated heterocycles. The van der Waals surface area contributed by atoms with Gasteiger partial charge in [0.05, 0.1) is 5.25 Å². The van der Waals surface area contributed by atoms with Gasteiger partial charge in [-0.3, -0.25) is 0 Å². The minimum absolute atomic E-state index is 0.407. The Morgan fingerprint density at radius 2 is 2.37 bits per heavy atom. The summed E-state index contributed by atoms with van der Waals surface area (Å²) in [6.45, 7) is 0.650. The quantitative estimate of drug-likeness (QED) is 0.929. The van der Waals surface area contributed by atoms with Gasteiger partial charge >= 0.3 is 0 Å². The number of rotatable bonds is 4. The third-order valence-electron chi connectivity index (χ3n) is 3.27. The maximum atomic E-state index is 5.58. The molecule has 0 aliphatic carbocycles. The van der Waals surface area contributed by atoms with E-state index < -0.39 is 0 Å². The van der Waals surface area contributed by atoms with Crippen molar-refractivity contribution in [1.82, 2.24) is 10.1 Å². The van der Waals surface area contributed by atoms with Crippen molar-refractivity contribution in [2.24, 2.45) is 5.73 Å². The molecule has 1 aliphatic heterocycles. The van der Waals surface area contributed by atoms with Gasteiger partial charge < -0.3 is 10.3 Å². The van der Waals surface area contributed by atoms with E-state index in [1.165, 1.54) is 17.7 Å². The lowest BCUT2D eigenvalue weighted by Crippen LogP contribution is -2.02. The van der Waals surface area contributed by atoms with Gasteiger partial charge in [0, 0.05) is 5.56 Å². The van der Waals surface area contributed by atoms with E-state index in [0.717, 1.165) is 24.2 Å². The largest absolute Gasteiger partial charge is 0.334 e. The van der Waals surface area contributed by atoms with Crippen LogP contribution in [0, 0.1) is 0 Å². The van der Waals surface area contributed by atoms with Crippen molar-refractivity contribution < 1.29 is 4.52 Å². The summed E-state index contributed by atoms with van der Waals surface area (Å²) in [6.07, 6.45) is 3.26. The van der Waals surface area contributed by atoms with Crippen LogP contribution >= 0.6 is 11.8 Å². The molecular formula is C14H17N3OS. The van der Waals surface area contributed by atoms with Crippen molar-refractivity contribution in [3.8, 4) is 11.5 Å². The zero-order valence-electron chi connectivity index (χ0n) is 10.7. The number of thioether (sulfide) groups is 1. The highest BCUT2D eigenvalue weighted by Crippen LogP contribution is 2.38. The first kappa shape index (κ1) is 12.7. The van der Waals surface area contributed by atoms with Gasteiger partial charge in [0.1, 0.15) is 0 Å². The maximum Gasteiger partial charge on any atom is 0.257 e. The third kappa shape index (κ3) is 2.82. The molecule has 5 heteroatoms. The first-order valence-electron chi connectivity index (χ1n) is 6.61. The number of aromatic nitrogens is 2. The van der Waals surface area contributed by atoms with Crippen LogP contribution in [-0.4, -0.2) is 22.4 Å². The van der Waals surface area contributed by atoms with Gasteiger partial charge in [0.15, 0.2) is 5.82 Å². The lowest BCUT2D eigenvalue weighted by molar-refractivity contribution is 0.421. The monoisotopic (exact) mass is 275 g/mol. The molecule has 19 heavy (non-hydrogen) atoms. The SMILES string of the molecule is NCCc1cccc(-c2nc(C3CCCS3)no2)c1. The smallest absolute Gasteiger partial charge is 0.257 e. The summed E-state index contributed by atoms with van der Waals surface area (Å²) >= 11 is 1.91. The Morgan fingerprint density at radius 3 is 3.16 bits per heavy atom. The summed E-state index contributed by atoms with van der Waals surface area (Å²) in [5.74, 6) is 2.64. The lowest BCUT2D eigenvalue weighted by atomic mass is 10.1. The molecule has 2 aromatic rings. The van der Waals surface area contributed by atoms with Crippen LogP contribution in [-0.2, 0) is 6.42 Å². The van der Waals surface area contributed by atoms with Crippen LogP contribution < -0.4 is 5.73 Å². The summed E-state index contributed by atoms with van der Waals surface area (Å²) in [5, 5.41) is 4.53. The fourth-order valence-electron chi connectivity index (χ4n) is 2.29. The average molecular weight is 275 g/mol. The lowest BCUT2D eigenvalue weighted by Gasteiger charge is -2.01. The van der Waals surface area contributed by atoms with Crippen molar-refractivity contribution in [3.63, 3.8) is 0 Å². The minimum atomic E-state index is 0.407. The Bertz CT molecular complexity index is 549. The van der Waals surface area contributed by atoms with E-state index in [4.69, 9.17) is 10.3 Å². The van der Waals surface area contributed by atoms with Gasteiger partial charge in [-0.25, -0.2) is 0 Å². The number of hydrogen-bond acceptors (Lipinski definition) is 5. The molecule has 2 heterocycles. The molecule has 1 aromatic carbocycles. The summed E-state index contributed by atoms with van der Waals surface area (Å²) in [7, 11) is 0. The van der Waals surface area contributed by atoms with Crippen LogP contribution in [0.4, 0.5) is 0 Å². The Labute approximate surface area is 116 Å². The molecule has 0 saturated carbocycles. The van der Waals surface area contributed by atoms with Gasteiger partial charge in [0.2, 0.25) is 0 Å². The fraction of sp³-hybridized carbons (Fsp3) is 0.429. The van der Waals surface area contributed by atoms with Crippen LogP contribution in [0.25, 0.3) is 11.5 Å². The van der Waals surface area contributed by atoms with Crippen molar-refractivity contribution in [1.29, 1.82) is 0 Å². The van der Waals surface area contributed by atoms with Gasteiger partial charge in [-0.2, -0.15) is 16.7 Å². The van der Waals surface area contributed by atoms with Crippen LogP contribution in [0.1, 0.15) is 29.5 Å². The molecule has 0 amide bonds. The molecule has 1 atom stereocenters. The highest BCUT2D eigenvalue weighted by Gasteiger charge is 2.23. The Hall–Kier alpha value is -1.33. The topological polar surface area (TPSA) is 64.9 Å². The van der Waals surface area contributed by atoms with E-state index in [2.05, 4.69) is 22.3 Å². The summed E-state index contributed by atoms with van der Waals surface area (Å²) in [6, 6.07) is 8.15. The molecular weight excluding hydrogens is 258 g/mol. The van der Waals surface area contributed by atoms with E-state index in [-0.39, 0.29) is 0 Å². The van der Waals surface area contributed by atoms with Gasteiger partial charge in [-0.15, -0.1) is 0 Å². The van der Waals surface area contributed by atoms with Gasteiger partial charge in [-0.1, -0.05) is 17.3 Å². The van der Waals surface area contributed by atoms with Crippen molar-refractivity contribution in [2.45, 2.75) is 24.5 Å². The molecule has 1 fully saturated rings. The molecule has 1 unspecified atom stereocenters. The maximum absolute atomic E-state index is 5.58. The zero-order chi connectivity index (χ0) is 13.1. The van der Waals surface area contributed by atoms with Crippen LogP contribution in [0.3, 0.4) is 0 Å². The van der Waals surface area contributed by atoms with Crippen molar-refractivity contribution in [3.05, 3.63) is 35.7 Å². The first-order chi connectivity index (χ1) is 9.36.